The molecule has 1 aliphatic rings. The van der Waals surface area contributed by atoms with E-state index in [9.17, 15) is 0 Å². The van der Waals surface area contributed by atoms with Crippen LogP contribution in [0.25, 0.3) is 0 Å². The van der Waals surface area contributed by atoms with Crippen LogP contribution < -0.4 is 0 Å². The van der Waals surface area contributed by atoms with Crippen LogP contribution in [0.3, 0.4) is 0 Å². The van der Waals surface area contributed by atoms with E-state index in [4.69, 9.17) is 5.26 Å². The van der Waals surface area contributed by atoms with Crippen molar-refractivity contribution in [1.82, 2.24) is 0 Å². The lowest BCUT2D eigenvalue weighted by Crippen LogP contribution is -1.90. The van der Waals surface area contributed by atoms with Gasteiger partial charge in [0.15, 0.2) is 0 Å². The standard InChI is InChI=1S/C6H6N2/c7-5-6-1-3-8-4-2-6/h1,4H,2-3H2. The van der Waals surface area contributed by atoms with Crippen LogP contribution in [-0.4, -0.2) is 12.8 Å². The Morgan fingerprint density at radius 2 is 2.62 bits per heavy atom. The van der Waals surface area contributed by atoms with Crippen molar-refractivity contribution in [1.29, 1.82) is 5.26 Å². The van der Waals surface area contributed by atoms with Crippen LogP contribution in [-0.2, 0) is 0 Å². The molecule has 2 nitrogen and oxygen atoms in total. The van der Waals surface area contributed by atoms with E-state index in [1.54, 1.807) is 6.21 Å². The van der Waals surface area contributed by atoms with Gasteiger partial charge in [0.1, 0.15) is 0 Å². The summed E-state index contributed by atoms with van der Waals surface area (Å²) in [6.07, 6.45) is 4.34. The molecule has 0 fully saturated rings. The Kier molecular flexibility index (Phi) is 1.43. The highest BCUT2D eigenvalue weighted by molar-refractivity contribution is 5.64. The molecule has 0 aromatic rings. The molecule has 0 atom stereocenters. The molecule has 0 saturated heterocycles. The molecule has 0 unspecified atom stereocenters. The van der Waals surface area contributed by atoms with Crippen molar-refractivity contribution in [2.45, 2.75) is 6.42 Å². The quantitative estimate of drug-likeness (QED) is 0.452. The molecule has 0 aliphatic carbocycles. The number of hydrogen-bond donors (Lipinski definition) is 0. The molecule has 8 heavy (non-hydrogen) atoms. The van der Waals surface area contributed by atoms with Gasteiger partial charge in [0.25, 0.3) is 0 Å². The number of hydrogen-bond acceptors (Lipinski definition) is 2. The van der Waals surface area contributed by atoms with Crippen LogP contribution >= 0.6 is 0 Å². The van der Waals surface area contributed by atoms with Gasteiger partial charge in [-0.05, 0) is 6.08 Å². The minimum absolute atomic E-state index is 0.683. The SMILES string of the molecule is N#CC1=CCN=CC1. The predicted molar refractivity (Wildman–Crippen MR) is 31.7 cm³/mol. The topological polar surface area (TPSA) is 36.1 Å². The maximum atomic E-state index is 8.31. The monoisotopic (exact) mass is 106 g/mol. The highest BCUT2D eigenvalue weighted by Gasteiger charge is 1.94. The molecular formula is C6H6N2. The van der Waals surface area contributed by atoms with E-state index in [1.165, 1.54) is 0 Å². The lowest BCUT2D eigenvalue weighted by molar-refractivity contribution is 1.16. The molecule has 40 valence electrons. The van der Waals surface area contributed by atoms with Crippen LogP contribution in [0.5, 0.6) is 0 Å². The van der Waals surface area contributed by atoms with Gasteiger partial charge >= 0.3 is 0 Å². The first-order chi connectivity index (χ1) is 3.93. The van der Waals surface area contributed by atoms with E-state index < -0.39 is 0 Å². The molecule has 0 amide bonds. The van der Waals surface area contributed by atoms with E-state index in [0.717, 1.165) is 12.0 Å². The lowest BCUT2D eigenvalue weighted by atomic mass is 10.2. The average molecular weight is 106 g/mol. The second-order valence-corrected chi connectivity index (χ2v) is 1.59. The van der Waals surface area contributed by atoms with Gasteiger partial charge < -0.3 is 0 Å². The number of dihydropyridines is 1. The van der Waals surface area contributed by atoms with Crippen LogP contribution in [0.15, 0.2) is 16.6 Å². The number of rotatable bonds is 0. The van der Waals surface area contributed by atoms with Gasteiger partial charge in [-0.3, -0.25) is 4.99 Å². The molecule has 0 saturated carbocycles. The fourth-order valence-electron chi connectivity index (χ4n) is 0.575. The van der Waals surface area contributed by atoms with E-state index in [0.29, 0.717) is 6.54 Å². The zero-order valence-electron chi connectivity index (χ0n) is 4.46. The first-order valence-electron chi connectivity index (χ1n) is 2.51. The molecule has 0 bridgehead atoms. The van der Waals surface area contributed by atoms with Crippen molar-refractivity contribution in [2.75, 3.05) is 6.54 Å². The molecule has 0 aromatic carbocycles. The molecule has 0 spiro atoms. The summed E-state index contributed by atoms with van der Waals surface area (Å²) in [5.41, 5.74) is 0.833. The Morgan fingerprint density at radius 1 is 1.75 bits per heavy atom. The van der Waals surface area contributed by atoms with Gasteiger partial charge in [0.05, 0.1) is 12.6 Å². The summed E-state index contributed by atoms with van der Waals surface area (Å²) in [5, 5.41) is 8.31. The van der Waals surface area contributed by atoms with E-state index >= 15 is 0 Å². The fourth-order valence-corrected chi connectivity index (χ4v) is 0.575. The van der Waals surface area contributed by atoms with Crippen molar-refractivity contribution >= 4 is 6.21 Å². The molecule has 0 N–H and O–H groups in total. The van der Waals surface area contributed by atoms with Crippen molar-refractivity contribution in [2.24, 2.45) is 4.99 Å². The summed E-state index contributed by atoms with van der Waals surface area (Å²) in [5.74, 6) is 0. The summed E-state index contributed by atoms with van der Waals surface area (Å²) in [7, 11) is 0. The van der Waals surface area contributed by atoms with Crippen LogP contribution in [0.1, 0.15) is 6.42 Å². The van der Waals surface area contributed by atoms with Gasteiger partial charge in [0, 0.05) is 18.2 Å². The van der Waals surface area contributed by atoms with E-state index in [1.807, 2.05) is 6.08 Å². The molecular weight excluding hydrogens is 100 g/mol. The summed E-state index contributed by atoms with van der Waals surface area (Å²) in [4.78, 5) is 3.92. The zero-order valence-corrected chi connectivity index (χ0v) is 4.46. The van der Waals surface area contributed by atoms with E-state index in [2.05, 4.69) is 11.1 Å². The third kappa shape index (κ3) is 0.941. The maximum absolute atomic E-state index is 8.31. The molecule has 2 heteroatoms. The molecule has 0 aromatic heterocycles. The Bertz CT molecular complexity index is 171. The van der Waals surface area contributed by atoms with Gasteiger partial charge in [-0.15, -0.1) is 0 Å². The van der Waals surface area contributed by atoms with Gasteiger partial charge in [-0.25, -0.2) is 0 Å². The minimum atomic E-state index is 0.683. The summed E-state index contributed by atoms with van der Waals surface area (Å²) in [6, 6.07) is 2.07. The number of nitriles is 1. The number of allylic oxidation sites excluding steroid dienone is 1. The van der Waals surface area contributed by atoms with Crippen molar-refractivity contribution in [3.8, 4) is 6.07 Å². The van der Waals surface area contributed by atoms with Crippen LogP contribution in [0.2, 0.25) is 0 Å². The second-order valence-electron chi connectivity index (χ2n) is 1.59. The predicted octanol–water partition coefficient (Wildman–Crippen LogP) is 0.911. The van der Waals surface area contributed by atoms with E-state index in [-0.39, 0.29) is 0 Å². The average Bonchev–Trinajstić information content (AvgIpc) is 1.90. The highest BCUT2D eigenvalue weighted by Crippen LogP contribution is 2.00. The highest BCUT2D eigenvalue weighted by atomic mass is 14.7. The summed E-state index contributed by atoms with van der Waals surface area (Å²) >= 11 is 0. The third-order valence-corrected chi connectivity index (χ3v) is 1.03. The van der Waals surface area contributed by atoms with Gasteiger partial charge in [0.2, 0.25) is 0 Å². The van der Waals surface area contributed by atoms with Crippen molar-refractivity contribution < 1.29 is 0 Å². The Morgan fingerprint density at radius 3 is 3.00 bits per heavy atom. The van der Waals surface area contributed by atoms with Gasteiger partial charge in [-0.2, -0.15) is 5.26 Å². The van der Waals surface area contributed by atoms with Gasteiger partial charge in [-0.1, -0.05) is 0 Å². The zero-order chi connectivity index (χ0) is 5.82. The third-order valence-electron chi connectivity index (χ3n) is 1.03. The molecule has 1 heterocycles. The number of aliphatic imine (C=N–C) groups is 1. The molecule has 0 radical (unpaired) electrons. The first-order valence-corrected chi connectivity index (χ1v) is 2.51. The Labute approximate surface area is 48.2 Å². The summed E-state index contributed by atoms with van der Waals surface area (Å²) < 4.78 is 0. The first kappa shape index (κ1) is 5.04. The number of nitrogens with zero attached hydrogens (tertiary/aromatic N) is 2. The largest absolute Gasteiger partial charge is 0.293 e. The molecule has 1 aliphatic heterocycles. The smallest absolute Gasteiger partial charge is 0.0948 e. The maximum Gasteiger partial charge on any atom is 0.0948 e. The minimum Gasteiger partial charge on any atom is -0.293 e. The molecule has 1 rings (SSSR count). The van der Waals surface area contributed by atoms with Crippen molar-refractivity contribution in [3.05, 3.63) is 11.6 Å². The fraction of sp³-hybridized carbons (Fsp3) is 0.333. The van der Waals surface area contributed by atoms with Crippen molar-refractivity contribution in [3.63, 3.8) is 0 Å². The summed E-state index contributed by atoms with van der Waals surface area (Å²) in [6.45, 7) is 0.683. The normalized spacial score (nSPS) is 17.1. The second kappa shape index (κ2) is 2.27. The van der Waals surface area contributed by atoms with Crippen LogP contribution in [0.4, 0.5) is 0 Å². The van der Waals surface area contributed by atoms with Crippen LogP contribution in [0, 0.1) is 11.3 Å². The lowest BCUT2D eigenvalue weighted by Gasteiger charge is -1.95. The Hall–Kier alpha value is -1.10. The Balaban J connectivity index is 2.59.